The lowest BCUT2D eigenvalue weighted by Gasteiger charge is -2.08. The van der Waals surface area contributed by atoms with Crippen molar-refractivity contribution >= 4 is 5.91 Å². The normalized spacial score (nSPS) is 10.0. The van der Waals surface area contributed by atoms with E-state index in [0.717, 1.165) is 0 Å². The SMILES string of the molecule is COCCC(=O)NCCOc1ccccc1F. The second-order valence-corrected chi connectivity index (χ2v) is 3.37. The number of carbonyl (C=O) groups excluding carboxylic acids is 1. The summed E-state index contributed by atoms with van der Waals surface area (Å²) in [5.41, 5.74) is 0. The maximum atomic E-state index is 13.1. The Kier molecular flexibility index (Phi) is 6.03. The van der Waals surface area contributed by atoms with Gasteiger partial charge in [0.1, 0.15) is 6.61 Å². The van der Waals surface area contributed by atoms with Gasteiger partial charge < -0.3 is 14.8 Å². The summed E-state index contributed by atoms with van der Waals surface area (Å²) in [6.45, 7) is 0.969. The molecule has 0 radical (unpaired) electrons. The van der Waals surface area contributed by atoms with E-state index < -0.39 is 5.82 Å². The van der Waals surface area contributed by atoms with Crippen LogP contribution in [0, 0.1) is 5.82 Å². The molecule has 1 amide bonds. The zero-order chi connectivity index (χ0) is 12.5. The van der Waals surface area contributed by atoms with Crippen molar-refractivity contribution < 1.29 is 18.7 Å². The largest absolute Gasteiger partial charge is 0.489 e. The molecule has 0 heterocycles. The Morgan fingerprint density at radius 3 is 2.82 bits per heavy atom. The molecule has 1 aromatic rings. The number of nitrogens with one attached hydrogen (secondary N) is 1. The molecule has 0 spiro atoms. The van der Waals surface area contributed by atoms with Gasteiger partial charge in [0.05, 0.1) is 13.2 Å². The molecule has 0 atom stereocenters. The number of hydrogen-bond donors (Lipinski definition) is 1. The highest BCUT2D eigenvalue weighted by atomic mass is 19.1. The molecule has 0 aliphatic heterocycles. The molecule has 0 bridgehead atoms. The first-order valence-electron chi connectivity index (χ1n) is 5.37. The van der Waals surface area contributed by atoms with Gasteiger partial charge in [-0.2, -0.15) is 0 Å². The fourth-order valence-electron chi connectivity index (χ4n) is 1.20. The summed E-state index contributed by atoms with van der Waals surface area (Å²) in [5.74, 6) is -0.319. The van der Waals surface area contributed by atoms with Gasteiger partial charge in [0.25, 0.3) is 0 Å². The first-order valence-corrected chi connectivity index (χ1v) is 5.37. The molecule has 0 aliphatic rings. The van der Waals surface area contributed by atoms with Crippen LogP contribution in [-0.4, -0.2) is 32.8 Å². The lowest BCUT2D eigenvalue weighted by atomic mass is 10.3. The number of hydrogen-bond acceptors (Lipinski definition) is 3. The number of methoxy groups -OCH3 is 1. The minimum atomic E-state index is -0.404. The topological polar surface area (TPSA) is 47.6 Å². The fourth-order valence-corrected chi connectivity index (χ4v) is 1.20. The minimum Gasteiger partial charge on any atom is -0.489 e. The van der Waals surface area contributed by atoms with Gasteiger partial charge in [0, 0.05) is 13.5 Å². The molecule has 0 unspecified atom stereocenters. The first kappa shape index (κ1) is 13.4. The maximum absolute atomic E-state index is 13.1. The fraction of sp³-hybridized carbons (Fsp3) is 0.417. The van der Waals surface area contributed by atoms with Crippen molar-refractivity contribution in [2.24, 2.45) is 0 Å². The second kappa shape index (κ2) is 7.62. The smallest absolute Gasteiger partial charge is 0.222 e. The highest BCUT2D eigenvalue weighted by Crippen LogP contribution is 2.14. The van der Waals surface area contributed by atoms with E-state index in [1.165, 1.54) is 13.2 Å². The number of carbonyl (C=O) groups is 1. The van der Waals surface area contributed by atoms with Crippen LogP contribution in [0.4, 0.5) is 4.39 Å². The molecular formula is C12H16FNO3. The van der Waals surface area contributed by atoms with E-state index in [2.05, 4.69) is 5.32 Å². The van der Waals surface area contributed by atoms with Crippen molar-refractivity contribution in [1.29, 1.82) is 0 Å². The van der Waals surface area contributed by atoms with Gasteiger partial charge in [-0.25, -0.2) is 4.39 Å². The molecule has 17 heavy (non-hydrogen) atoms. The van der Waals surface area contributed by atoms with Gasteiger partial charge >= 0.3 is 0 Å². The monoisotopic (exact) mass is 241 g/mol. The van der Waals surface area contributed by atoms with Gasteiger partial charge in [0.15, 0.2) is 11.6 Å². The van der Waals surface area contributed by atoms with Crippen LogP contribution in [0.2, 0.25) is 0 Å². The Hall–Kier alpha value is -1.62. The van der Waals surface area contributed by atoms with Crippen LogP contribution in [0.1, 0.15) is 6.42 Å². The van der Waals surface area contributed by atoms with E-state index in [9.17, 15) is 9.18 Å². The number of benzene rings is 1. The Balaban J connectivity index is 2.16. The lowest BCUT2D eigenvalue weighted by Crippen LogP contribution is -2.28. The predicted octanol–water partition coefficient (Wildman–Crippen LogP) is 1.36. The third kappa shape index (κ3) is 5.31. The molecule has 0 saturated heterocycles. The number of ether oxygens (including phenoxy) is 2. The number of halogens is 1. The molecular weight excluding hydrogens is 225 g/mol. The van der Waals surface area contributed by atoms with Crippen LogP contribution in [0.3, 0.4) is 0 Å². The minimum absolute atomic E-state index is 0.107. The van der Waals surface area contributed by atoms with Crippen LogP contribution in [-0.2, 0) is 9.53 Å². The van der Waals surface area contributed by atoms with Crippen LogP contribution in [0.5, 0.6) is 5.75 Å². The average Bonchev–Trinajstić information content (AvgIpc) is 2.34. The maximum Gasteiger partial charge on any atom is 0.222 e. The van der Waals surface area contributed by atoms with Crippen molar-refractivity contribution in [1.82, 2.24) is 5.32 Å². The van der Waals surface area contributed by atoms with E-state index in [1.54, 1.807) is 18.2 Å². The third-order valence-electron chi connectivity index (χ3n) is 2.05. The van der Waals surface area contributed by atoms with Gasteiger partial charge in [0.2, 0.25) is 5.91 Å². The van der Waals surface area contributed by atoms with Crippen molar-refractivity contribution in [2.75, 3.05) is 26.9 Å². The summed E-state index contributed by atoms with van der Waals surface area (Å²) in [7, 11) is 1.54. The summed E-state index contributed by atoms with van der Waals surface area (Å²) in [5, 5.41) is 2.64. The molecule has 0 aromatic heterocycles. The summed E-state index contributed by atoms with van der Waals surface area (Å²) in [4.78, 5) is 11.2. The molecule has 0 fully saturated rings. The summed E-state index contributed by atoms with van der Waals surface area (Å²) < 4.78 is 23.0. The predicted molar refractivity (Wildman–Crippen MR) is 61.4 cm³/mol. The number of para-hydroxylation sites is 1. The van der Waals surface area contributed by atoms with E-state index in [0.29, 0.717) is 19.6 Å². The summed E-state index contributed by atoms with van der Waals surface area (Å²) >= 11 is 0. The average molecular weight is 241 g/mol. The van der Waals surface area contributed by atoms with E-state index >= 15 is 0 Å². The highest BCUT2D eigenvalue weighted by Gasteiger charge is 2.02. The molecule has 4 nitrogen and oxygen atoms in total. The van der Waals surface area contributed by atoms with Crippen LogP contribution < -0.4 is 10.1 Å². The molecule has 1 rings (SSSR count). The molecule has 1 aromatic carbocycles. The molecule has 0 saturated carbocycles. The third-order valence-corrected chi connectivity index (χ3v) is 2.05. The Bertz CT molecular complexity index is 357. The molecule has 5 heteroatoms. The molecule has 94 valence electrons. The summed E-state index contributed by atoms with van der Waals surface area (Å²) in [6.07, 6.45) is 0.316. The van der Waals surface area contributed by atoms with E-state index in [4.69, 9.17) is 9.47 Å². The van der Waals surface area contributed by atoms with E-state index in [-0.39, 0.29) is 18.3 Å². The number of amides is 1. The molecule has 1 N–H and O–H groups in total. The van der Waals surface area contributed by atoms with Crippen molar-refractivity contribution in [3.8, 4) is 5.75 Å². The van der Waals surface area contributed by atoms with Crippen LogP contribution in [0.15, 0.2) is 24.3 Å². The zero-order valence-corrected chi connectivity index (χ0v) is 9.74. The van der Waals surface area contributed by atoms with Gasteiger partial charge in [-0.05, 0) is 12.1 Å². The number of rotatable bonds is 7. The standard InChI is InChI=1S/C12H16FNO3/c1-16-8-6-12(15)14-7-9-17-11-5-3-2-4-10(11)13/h2-5H,6-9H2,1H3,(H,14,15). The van der Waals surface area contributed by atoms with E-state index in [1.807, 2.05) is 0 Å². The van der Waals surface area contributed by atoms with Crippen molar-refractivity contribution in [3.05, 3.63) is 30.1 Å². The van der Waals surface area contributed by atoms with Crippen LogP contribution in [0.25, 0.3) is 0 Å². The Morgan fingerprint density at radius 2 is 2.12 bits per heavy atom. The first-order chi connectivity index (χ1) is 8.24. The van der Waals surface area contributed by atoms with Gasteiger partial charge in [-0.15, -0.1) is 0 Å². The second-order valence-electron chi connectivity index (χ2n) is 3.37. The lowest BCUT2D eigenvalue weighted by molar-refractivity contribution is -0.122. The Labute approximate surface area is 99.7 Å². The van der Waals surface area contributed by atoms with Gasteiger partial charge in [-0.1, -0.05) is 12.1 Å². The zero-order valence-electron chi connectivity index (χ0n) is 9.74. The summed E-state index contributed by atoms with van der Waals surface area (Å²) in [6, 6.07) is 6.15. The van der Waals surface area contributed by atoms with Crippen molar-refractivity contribution in [2.45, 2.75) is 6.42 Å². The highest BCUT2D eigenvalue weighted by molar-refractivity contribution is 5.75. The Morgan fingerprint density at radius 1 is 1.35 bits per heavy atom. The van der Waals surface area contributed by atoms with Crippen molar-refractivity contribution in [3.63, 3.8) is 0 Å². The molecule has 0 aliphatic carbocycles. The van der Waals surface area contributed by atoms with Crippen LogP contribution >= 0.6 is 0 Å². The quantitative estimate of drug-likeness (QED) is 0.733. The van der Waals surface area contributed by atoms with Gasteiger partial charge in [-0.3, -0.25) is 4.79 Å².